The third-order valence-electron chi connectivity index (χ3n) is 4.93. The quantitative estimate of drug-likeness (QED) is 0.723. The number of hydrogen-bond donors (Lipinski definition) is 1. The molecule has 0 aliphatic carbocycles. The van der Waals surface area contributed by atoms with E-state index in [1.807, 2.05) is 0 Å². The van der Waals surface area contributed by atoms with Gasteiger partial charge in [0.25, 0.3) is 0 Å². The summed E-state index contributed by atoms with van der Waals surface area (Å²) in [6.45, 7) is 3.24. The number of carbonyl (C=O) groups excluding carboxylic acids is 1. The molecular formula is C20H23ClN2O4S. The Bertz CT molecular complexity index is 947. The van der Waals surface area contributed by atoms with E-state index < -0.39 is 10.0 Å². The lowest BCUT2D eigenvalue weighted by Gasteiger charge is -2.31. The molecule has 1 aliphatic heterocycles. The minimum absolute atomic E-state index is 0.0648. The van der Waals surface area contributed by atoms with Crippen molar-refractivity contribution in [3.8, 4) is 0 Å². The zero-order chi connectivity index (χ0) is 20.1. The van der Waals surface area contributed by atoms with Gasteiger partial charge in [-0.3, -0.25) is 4.79 Å². The number of rotatable bonds is 6. The smallest absolute Gasteiger partial charge is 0.246 e. The van der Waals surface area contributed by atoms with Crippen LogP contribution in [0.15, 0.2) is 52.0 Å². The van der Waals surface area contributed by atoms with E-state index in [2.05, 4.69) is 4.72 Å². The maximum absolute atomic E-state index is 12.6. The molecule has 1 amide bonds. The molecule has 1 fully saturated rings. The first-order valence-electron chi connectivity index (χ1n) is 9.12. The number of piperidine rings is 1. The normalized spacial score (nSPS) is 16.0. The molecule has 0 atom stereocenters. The fourth-order valence-electron chi connectivity index (χ4n) is 3.19. The summed E-state index contributed by atoms with van der Waals surface area (Å²) in [5, 5.41) is 0.428. The maximum atomic E-state index is 12.6. The fraction of sp³-hybridized carbons (Fsp3) is 0.350. The largest absolute Gasteiger partial charge is 0.465 e. The Kier molecular flexibility index (Phi) is 6.59. The Morgan fingerprint density at radius 3 is 2.71 bits per heavy atom. The molecule has 2 aromatic rings. The molecule has 1 N–H and O–H groups in total. The average molecular weight is 423 g/mol. The zero-order valence-electron chi connectivity index (χ0n) is 15.6. The van der Waals surface area contributed by atoms with Crippen molar-refractivity contribution in [3.05, 3.63) is 59.0 Å². The topological polar surface area (TPSA) is 79.6 Å². The molecule has 3 rings (SSSR count). The van der Waals surface area contributed by atoms with Gasteiger partial charge in [-0.2, -0.15) is 0 Å². The van der Waals surface area contributed by atoms with Crippen LogP contribution >= 0.6 is 11.6 Å². The number of nitrogens with zero attached hydrogens (tertiary/aromatic N) is 1. The van der Waals surface area contributed by atoms with E-state index in [4.69, 9.17) is 16.0 Å². The molecule has 1 aliphatic rings. The fourth-order valence-corrected chi connectivity index (χ4v) is 4.80. The van der Waals surface area contributed by atoms with Crippen LogP contribution in [0.5, 0.6) is 0 Å². The second-order valence-electron chi connectivity index (χ2n) is 6.83. The molecule has 1 saturated heterocycles. The van der Waals surface area contributed by atoms with Gasteiger partial charge in [-0.15, -0.1) is 0 Å². The third-order valence-corrected chi connectivity index (χ3v) is 6.91. The van der Waals surface area contributed by atoms with E-state index in [0.717, 1.165) is 12.8 Å². The molecule has 1 aromatic carbocycles. The Balaban J connectivity index is 1.50. The van der Waals surface area contributed by atoms with Crippen molar-refractivity contribution in [2.24, 2.45) is 5.92 Å². The molecule has 2 heterocycles. The molecule has 0 unspecified atom stereocenters. The van der Waals surface area contributed by atoms with E-state index in [1.165, 1.54) is 6.08 Å². The van der Waals surface area contributed by atoms with Crippen LogP contribution in [-0.4, -0.2) is 38.9 Å². The standard InChI is InChI=1S/C20H23ClN2O4S/c1-15-18(21)5-2-6-19(15)28(25,26)22-14-16-9-11-23(12-10-16)20(24)8-7-17-4-3-13-27-17/h2-8,13,16,22H,9-12,14H2,1H3/b8-7+. The molecule has 8 heteroatoms. The predicted octanol–water partition coefficient (Wildman–Crippen LogP) is 3.47. The Hall–Kier alpha value is -2.09. The number of furan rings is 1. The van der Waals surface area contributed by atoms with Crippen LogP contribution < -0.4 is 4.72 Å². The average Bonchev–Trinajstić information content (AvgIpc) is 3.20. The molecule has 1 aromatic heterocycles. The maximum Gasteiger partial charge on any atom is 0.246 e. The number of hydrogen-bond acceptors (Lipinski definition) is 4. The second kappa shape index (κ2) is 8.94. The summed E-state index contributed by atoms with van der Waals surface area (Å²) in [5.41, 5.74) is 0.542. The van der Waals surface area contributed by atoms with Crippen LogP contribution in [0.1, 0.15) is 24.2 Å². The van der Waals surface area contributed by atoms with Gasteiger partial charge < -0.3 is 9.32 Å². The van der Waals surface area contributed by atoms with E-state index in [-0.39, 0.29) is 16.7 Å². The molecule has 6 nitrogen and oxygen atoms in total. The van der Waals surface area contributed by atoms with Crippen LogP contribution in [0.4, 0.5) is 0 Å². The van der Waals surface area contributed by atoms with Gasteiger partial charge in [0.1, 0.15) is 5.76 Å². The first-order valence-corrected chi connectivity index (χ1v) is 11.0. The van der Waals surface area contributed by atoms with Crippen LogP contribution in [-0.2, 0) is 14.8 Å². The highest BCUT2D eigenvalue weighted by Crippen LogP contribution is 2.23. The van der Waals surface area contributed by atoms with Gasteiger partial charge in [0.05, 0.1) is 11.2 Å². The van der Waals surface area contributed by atoms with Crippen molar-refractivity contribution in [3.63, 3.8) is 0 Å². The summed E-state index contributed by atoms with van der Waals surface area (Å²) in [4.78, 5) is 14.2. The molecule has 0 spiro atoms. The van der Waals surface area contributed by atoms with E-state index in [1.54, 1.807) is 54.5 Å². The number of nitrogens with one attached hydrogen (secondary N) is 1. The number of halogens is 1. The van der Waals surface area contributed by atoms with E-state index >= 15 is 0 Å². The van der Waals surface area contributed by atoms with Gasteiger partial charge in [0.15, 0.2) is 0 Å². The lowest BCUT2D eigenvalue weighted by molar-refractivity contribution is -0.127. The first kappa shape index (κ1) is 20.6. The highest BCUT2D eigenvalue weighted by molar-refractivity contribution is 7.89. The highest BCUT2D eigenvalue weighted by Gasteiger charge is 2.24. The number of carbonyl (C=O) groups is 1. The summed E-state index contributed by atoms with van der Waals surface area (Å²) in [6, 6.07) is 8.40. The number of amides is 1. The molecule has 0 radical (unpaired) electrons. The molecule has 150 valence electrons. The number of sulfonamides is 1. The SMILES string of the molecule is Cc1c(Cl)cccc1S(=O)(=O)NCC1CCN(C(=O)/C=C/c2ccco2)CC1. The minimum atomic E-state index is -3.61. The van der Waals surface area contributed by atoms with Crippen molar-refractivity contribution in [1.82, 2.24) is 9.62 Å². The minimum Gasteiger partial charge on any atom is -0.465 e. The van der Waals surface area contributed by atoms with Crippen LogP contribution in [0.25, 0.3) is 6.08 Å². The summed E-state index contributed by atoms with van der Waals surface area (Å²) in [5.74, 6) is 0.756. The van der Waals surface area contributed by atoms with Crippen molar-refractivity contribution in [1.29, 1.82) is 0 Å². The number of likely N-dealkylation sites (tertiary alicyclic amines) is 1. The predicted molar refractivity (Wildman–Crippen MR) is 108 cm³/mol. The van der Waals surface area contributed by atoms with E-state index in [0.29, 0.717) is 36.0 Å². The van der Waals surface area contributed by atoms with Crippen LogP contribution in [0.2, 0.25) is 5.02 Å². The Morgan fingerprint density at radius 2 is 2.04 bits per heavy atom. The van der Waals surface area contributed by atoms with Crippen molar-refractivity contribution < 1.29 is 17.6 Å². The van der Waals surface area contributed by atoms with Crippen molar-refractivity contribution >= 4 is 33.6 Å². The number of benzene rings is 1. The van der Waals surface area contributed by atoms with Gasteiger partial charge in [-0.25, -0.2) is 13.1 Å². The van der Waals surface area contributed by atoms with Crippen molar-refractivity contribution in [2.75, 3.05) is 19.6 Å². The summed E-state index contributed by atoms with van der Waals surface area (Å²) < 4.78 is 33.0. The van der Waals surface area contributed by atoms with Gasteiger partial charge in [-0.05, 0) is 61.6 Å². The highest BCUT2D eigenvalue weighted by atomic mass is 35.5. The molecule has 0 bridgehead atoms. The monoisotopic (exact) mass is 422 g/mol. The van der Waals surface area contributed by atoms with Gasteiger partial charge in [0.2, 0.25) is 15.9 Å². The molecule has 0 saturated carbocycles. The van der Waals surface area contributed by atoms with Crippen LogP contribution in [0.3, 0.4) is 0 Å². The second-order valence-corrected chi connectivity index (χ2v) is 8.97. The molecular weight excluding hydrogens is 400 g/mol. The van der Waals surface area contributed by atoms with E-state index in [9.17, 15) is 13.2 Å². The van der Waals surface area contributed by atoms with Gasteiger partial charge in [0, 0.05) is 30.7 Å². The van der Waals surface area contributed by atoms with Gasteiger partial charge >= 0.3 is 0 Å². The lowest BCUT2D eigenvalue weighted by atomic mass is 9.97. The van der Waals surface area contributed by atoms with Crippen molar-refractivity contribution in [2.45, 2.75) is 24.7 Å². The summed E-state index contributed by atoms with van der Waals surface area (Å²) >= 11 is 6.03. The lowest BCUT2D eigenvalue weighted by Crippen LogP contribution is -2.41. The van der Waals surface area contributed by atoms with Gasteiger partial charge in [-0.1, -0.05) is 17.7 Å². The molecule has 28 heavy (non-hydrogen) atoms. The zero-order valence-corrected chi connectivity index (χ0v) is 17.2. The summed E-state index contributed by atoms with van der Waals surface area (Å²) in [6.07, 6.45) is 6.20. The summed E-state index contributed by atoms with van der Waals surface area (Å²) in [7, 11) is -3.61. The first-order chi connectivity index (χ1) is 13.4. The Morgan fingerprint density at radius 1 is 1.29 bits per heavy atom. The van der Waals surface area contributed by atoms with Crippen LogP contribution in [0, 0.1) is 12.8 Å². The third kappa shape index (κ3) is 5.04. The Labute approximate surface area is 170 Å².